The van der Waals surface area contributed by atoms with Gasteiger partial charge in [0.05, 0.1) is 13.3 Å². The normalized spacial score (nSPS) is 10.7. The number of halogens is 1. The van der Waals surface area contributed by atoms with Crippen molar-refractivity contribution in [3.05, 3.63) is 28.2 Å². The van der Waals surface area contributed by atoms with Crippen LogP contribution in [0.2, 0.25) is 0 Å². The summed E-state index contributed by atoms with van der Waals surface area (Å²) < 4.78 is 6.02. The van der Waals surface area contributed by atoms with Gasteiger partial charge in [0, 0.05) is 16.6 Å². The number of nitrogens with one attached hydrogen (secondary N) is 2. The molecule has 6 nitrogen and oxygen atoms in total. The molecule has 1 rings (SSSR count). The number of hydrogen-bond acceptors (Lipinski definition) is 4. The summed E-state index contributed by atoms with van der Waals surface area (Å²) in [6.45, 7) is 4.32. The molecule has 2 N–H and O–H groups in total. The van der Waals surface area contributed by atoms with E-state index in [1.165, 1.54) is 6.21 Å². The molecule has 0 saturated carbocycles. The number of amides is 2. The lowest BCUT2D eigenvalue weighted by Crippen LogP contribution is -2.39. The van der Waals surface area contributed by atoms with Gasteiger partial charge in [0.1, 0.15) is 5.75 Å². The molecular formula is C14H18BrN3O3. The molecule has 0 spiro atoms. The van der Waals surface area contributed by atoms with E-state index in [9.17, 15) is 9.59 Å². The van der Waals surface area contributed by atoms with Gasteiger partial charge in [-0.05, 0) is 24.1 Å². The molecule has 1 aromatic rings. The molecule has 2 amide bonds. The summed E-state index contributed by atoms with van der Waals surface area (Å²) in [5.74, 6) is -0.625. The number of carbonyl (C=O) groups is 2. The number of benzene rings is 1. The zero-order valence-electron chi connectivity index (χ0n) is 12.1. The Hall–Kier alpha value is -1.89. The molecule has 0 unspecified atom stereocenters. The number of methoxy groups -OCH3 is 1. The van der Waals surface area contributed by atoms with E-state index >= 15 is 0 Å². The van der Waals surface area contributed by atoms with E-state index in [0.29, 0.717) is 17.9 Å². The highest BCUT2D eigenvalue weighted by Crippen LogP contribution is 2.21. The van der Waals surface area contributed by atoms with Crippen molar-refractivity contribution in [3.63, 3.8) is 0 Å². The number of rotatable bonds is 5. The summed E-state index contributed by atoms with van der Waals surface area (Å²) in [7, 11) is 1.54. The van der Waals surface area contributed by atoms with E-state index in [1.807, 2.05) is 19.9 Å². The largest absolute Gasteiger partial charge is 0.496 e. The smallest absolute Gasteiger partial charge is 0.329 e. The highest BCUT2D eigenvalue weighted by atomic mass is 79.9. The van der Waals surface area contributed by atoms with E-state index in [-0.39, 0.29) is 5.92 Å². The van der Waals surface area contributed by atoms with Crippen molar-refractivity contribution >= 4 is 34.0 Å². The first-order chi connectivity index (χ1) is 9.93. The summed E-state index contributed by atoms with van der Waals surface area (Å²) in [4.78, 5) is 22.9. The SMILES string of the molecule is COc1ccc(Br)cc1/C=N\NC(=O)C(=O)NCC(C)C. The van der Waals surface area contributed by atoms with Crippen molar-refractivity contribution in [1.82, 2.24) is 10.7 Å². The Morgan fingerprint density at radius 3 is 2.71 bits per heavy atom. The molecule has 1 aromatic carbocycles. The van der Waals surface area contributed by atoms with Gasteiger partial charge >= 0.3 is 11.8 Å². The van der Waals surface area contributed by atoms with Crippen LogP contribution in [0.25, 0.3) is 0 Å². The zero-order chi connectivity index (χ0) is 15.8. The molecule has 21 heavy (non-hydrogen) atoms. The Balaban J connectivity index is 2.60. The van der Waals surface area contributed by atoms with Crippen molar-refractivity contribution in [3.8, 4) is 5.75 Å². The Morgan fingerprint density at radius 2 is 2.10 bits per heavy atom. The molecule has 0 fully saturated rings. The average Bonchev–Trinajstić information content (AvgIpc) is 2.44. The van der Waals surface area contributed by atoms with Crippen LogP contribution in [-0.4, -0.2) is 31.7 Å². The molecule has 114 valence electrons. The number of ether oxygens (including phenoxy) is 1. The molecule has 7 heteroatoms. The minimum atomic E-state index is -0.805. The number of carbonyl (C=O) groups excluding carboxylic acids is 2. The van der Waals surface area contributed by atoms with Crippen LogP contribution >= 0.6 is 15.9 Å². The van der Waals surface area contributed by atoms with E-state index in [1.54, 1.807) is 19.2 Å². The van der Waals surface area contributed by atoms with E-state index in [4.69, 9.17) is 4.74 Å². The number of hydrazone groups is 1. The van der Waals surface area contributed by atoms with Crippen LogP contribution in [0, 0.1) is 5.92 Å². The first-order valence-electron chi connectivity index (χ1n) is 6.38. The van der Waals surface area contributed by atoms with Gasteiger partial charge in [0.25, 0.3) is 0 Å². The Bertz CT molecular complexity index is 544. The van der Waals surface area contributed by atoms with Crippen LogP contribution in [0.1, 0.15) is 19.4 Å². The summed E-state index contributed by atoms with van der Waals surface area (Å²) in [5.41, 5.74) is 2.85. The molecule has 0 aliphatic carbocycles. The van der Waals surface area contributed by atoms with Gasteiger partial charge in [-0.15, -0.1) is 0 Å². The third-order valence-corrected chi connectivity index (χ3v) is 2.93. The number of nitrogens with zero attached hydrogens (tertiary/aromatic N) is 1. The predicted octanol–water partition coefficient (Wildman–Crippen LogP) is 1.68. The maximum Gasteiger partial charge on any atom is 0.329 e. The fourth-order valence-electron chi connectivity index (χ4n) is 1.39. The second-order valence-corrected chi connectivity index (χ2v) is 5.60. The van der Waals surface area contributed by atoms with Gasteiger partial charge < -0.3 is 10.1 Å². The van der Waals surface area contributed by atoms with Gasteiger partial charge in [0.2, 0.25) is 0 Å². The maximum atomic E-state index is 11.5. The number of hydrogen-bond donors (Lipinski definition) is 2. The Kier molecular flexibility index (Phi) is 6.87. The molecule has 0 saturated heterocycles. The zero-order valence-corrected chi connectivity index (χ0v) is 13.7. The summed E-state index contributed by atoms with van der Waals surface area (Å²) in [6, 6.07) is 5.38. The summed E-state index contributed by atoms with van der Waals surface area (Å²) >= 11 is 3.33. The van der Waals surface area contributed by atoms with Gasteiger partial charge in [-0.25, -0.2) is 5.43 Å². The average molecular weight is 356 g/mol. The van der Waals surface area contributed by atoms with Crippen molar-refractivity contribution in [2.45, 2.75) is 13.8 Å². The van der Waals surface area contributed by atoms with Crippen LogP contribution < -0.4 is 15.5 Å². The highest BCUT2D eigenvalue weighted by molar-refractivity contribution is 9.10. The monoisotopic (exact) mass is 355 g/mol. The molecule has 0 radical (unpaired) electrons. The van der Waals surface area contributed by atoms with E-state index in [0.717, 1.165) is 4.47 Å². The molecule has 0 heterocycles. The molecule has 0 aliphatic heterocycles. The fourth-order valence-corrected chi connectivity index (χ4v) is 1.77. The van der Waals surface area contributed by atoms with Crippen molar-refractivity contribution < 1.29 is 14.3 Å². The third kappa shape index (κ3) is 5.95. The first-order valence-corrected chi connectivity index (χ1v) is 7.18. The van der Waals surface area contributed by atoms with Crippen LogP contribution in [-0.2, 0) is 9.59 Å². The highest BCUT2D eigenvalue weighted by Gasteiger charge is 2.12. The molecule has 0 atom stereocenters. The standard InChI is InChI=1S/C14H18BrN3O3/c1-9(2)7-16-13(19)14(20)18-17-8-10-6-11(15)4-5-12(10)21-3/h4-6,8-9H,7H2,1-3H3,(H,16,19)(H,18,20)/b17-8-. The van der Waals surface area contributed by atoms with Crippen LogP contribution in [0.3, 0.4) is 0 Å². The third-order valence-electron chi connectivity index (χ3n) is 2.44. The van der Waals surface area contributed by atoms with Crippen molar-refractivity contribution in [2.75, 3.05) is 13.7 Å². The van der Waals surface area contributed by atoms with Crippen molar-refractivity contribution in [1.29, 1.82) is 0 Å². The van der Waals surface area contributed by atoms with Crippen LogP contribution in [0.15, 0.2) is 27.8 Å². The Morgan fingerprint density at radius 1 is 1.38 bits per heavy atom. The minimum absolute atomic E-state index is 0.274. The Labute approximate surface area is 132 Å². The second-order valence-electron chi connectivity index (χ2n) is 4.69. The first kappa shape index (κ1) is 17.2. The minimum Gasteiger partial charge on any atom is -0.496 e. The summed E-state index contributed by atoms with van der Waals surface area (Å²) in [5, 5.41) is 6.26. The van der Waals surface area contributed by atoms with Gasteiger partial charge in [-0.2, -0.15) is 5.10 Å². The van der Waals surface area contributed by atoms with Gasteiger partial charge in [-0.3, -0.25) is 9.59 Å². The lowest BCUT2D eigenvalue weighted by atomic mass is 10.2. The van der Waals surface area contributed by atoms with Crippen molar-refractivity contribution in [2.24, 2.45) is 11.0 Å². The van der Waals surface area contributed by atoms with E-state index < -0.39 is 11.8 Å². The van der Waals surface area contributed by atoms with E-state index in [2.05, 4.69) is 31.8 Å². The second kappa shape index (κ2) is 8.41. The van der Waals surface area contributed by atoms with Crippen LogP contribution in [0.4, 0.5) is 0 Å². The summed E-state index contributed by atoms with van der Waals surface area (Å²) in [6.07, 6.45) is 1.41. The lowest BCUT2D eigenvalue weighted by molar-refractivity contribution is -0.139. The van der Waals surface area contributed by atoms with Gasteiger partial charge in [-0.1, -0.05) is 29.8 Å². The molecular weight excluding hydrogens is 338 g/mol. The molecule has 0 aliphatic rings. The van der Waals surface area contributed by atoms with Gasteiger partial charge in [0.15, 0.2) is 0 Å². The van der Waals surface area contributed by atoms with Crippen LogP contribution in [0.5, 0.6) is 5.75 Å². The molecule has 0 bridgehead atoms. The topological polar surface area (TPSA) is 79.8 Å². The fraction of sp³-hybridized carbons (Fsp3) is 0.357. The lowest BCUT2D eigenvalue weighted by Gasteiger charge is -2.06. The predicted molar refractivity (Wildman–Crippen MR) is 84.3 cm³/mol. The molecule has 0 aromatic heterocycles. The maximum absolute atomic E-state index is 11.5. The quantitative estimate of drug-likeness (QED) is 0.479.